The third kappa shape index (κ3) is 4.61. The molecule has 1 aliphatic rings. The molecule has 0 aliphatic carbocycles. The number of carbonyl (C=O) groups is 3. The van der Waals surface area contributed by atoms with Gasteiger partial charge in [0.2, 0.25) is 0 Å². The molecule has 0 aromatic rings. The smallest absolute Gasteiger partial charge is 0.377 e. The Balaban J connectivity index is 3.00. The van der Waals surface area contributed by atoms with Gasteiger partial charge in [-0.3, -0.25) is 9.59 Å². The lowest BCUT2D eigenvalue weighted by atomic mass is 9.89. The fraction of sp³-hybridized carbons (Fsp3) is 0.769. The molecule has 6 N–H and O–H groups in total. The van der Waals surface area contributed by atoms with Crippen LogP contribution in [0.2, 0.25) is 0 Å². The summed E-state index contributed by atoms with van der Waals surface area (Å²) in [5.41, 5.74) is 5.68. The minimum Gasteiger partial charge on any atom is -0.476 e. The molecule has 0 radical (unpaired) electrons. The summed E-state index contributed by atoms with van der Waals surface area (Å²) in [6, 6.07) is -1.28. The Labute approximate surface area is 136 Å². The van der Waals surface area contributed by atoms with Crippen molar-refractivity contribution in [2.24, 2.45) is 5.73 Å². The van der Waals surface area contributed by atoms with Gasteiger partial charge >= 0.3 is 23.7 Å². The van der Waals surface area contributed by atoms with Gasteiger partial charge in [-0.15, -0.1) is 0 Å². The molecule has 0 aromatic carbocycles. The lowest BCUT2D eigenvalue weighted by Gasteiger charge is -2.44. The highest BCUT2D eigenvalue weighted by atomic mass is 16.7. The van der Waals surface area contributed by atoms with Crippen LogP contribution in [0.15, 0.2) is 0 Å². The van der Waals surface area contributed by atoms with E-state index in [0.29, 0.717) is 0 Å². The first-order chi connectivity index (χ1) is 11.0. The topological polar surface area (TPSA) is 186 Å². The fourth-order valence-corrected chi connectivity index (χ4v) is 2.27. The van der Waals surface area contributed by atoms with Gasteiger partial charge < -0.3 is 40.4 Å². The van der Waals surface area contributed by atoms with Crippen molar-refractivity contribution < 1.29 is 49.0 Å². The first-order valence-electron chi connectivity index (χ1n) is 7.04. The van der Waals surface area contributed by atoms with Crippen molar-refractivity contribution in [1.29, 1.82) is 0 Å². The number of carbonyl (C=O) groups excluding carboxylic acids is 2. The summed E-state index contributed by atoms with van der Waals surface area (Å²) in [6.45, 7) is 1.42. The highest BCUT2D eigenvalue weighted by Crippen LogP contribution is 2.32. The molecule has 1 fully saturated rings. The fourth-order valence-electron chi connectivity index (χ4n) is 2.27. The molecule has 0 unspecified atom stereocenters. The van der Waals surface area contributed by atoms with E-state index in [2.05, 4.69) is 9.47 Å². The number of hydrogen-bond acceptors (Lipinski definition) is 10. The third-order valence-electron chi connectivity index (χ3n) is 3.45. The number of hydrogen-bond donors (Lipinski definition) is 5. The quantitative estimate of drug-likeness (QED) is 0.309. The number of aliphatic hydroxyl groups excluding tert-OH is 3. The van der Waals surface area contributed by atoms with Gasteiger partial charge in [-0.1, -0.05) is 0 Å². The standard InChI is InChI=1S/C13H21NO10/c1-5(15)22-4-8(18)10(19)11-9(14)7(17)3-13(24-11,12(20)21)23-6(2)16/h7-11,17-19H,3-4,14H2,1-2H3,(H,20,21)/t7-,8+,9+,10+,11+,13-/m0/s1. The van der Waals surface area contributed by atoms with Crippen LogP contribution >= 0.6 is 0 Å². The lowest BCUT2D eigenvalue weighted by Crippen LogP contribution is -2.66. The van der Waals surface area contributed by atoms with Crippen LogP contribution in [0.25, 0.3) is 0 Å². The van der Waals surface area contributed by atoms with E-state index in [-0.39, 0.29) is 0 Å². The van der Waals surface area contributed by atoms with E-state index in [9.17, 15) is 34.8 Å². The average molecular weight is 351 g/mol. The Kier molecular flexibility index (Phi) is 6.63. The number of nitrogens with two attached hydrogens (primary N) is 1. The van der Waals surface area contributed by atoms with Gasteiger partial charge in [0.05, 0.1) is 18.6 Å². The van der Waals surface area contributed by atoms with Crippen LogP contribution in [0, 0.1) is 0 Å². The molecule has 1 rings (SSSR count). The number of rotatable bonds is 6. The number of aliphatic hydroxyl groups is 3. The Morgan fingerprint density at radius 2 is 1.88 bits per heavy atom. The van der Waals surface area contributed by atoms with E-state index in [1.807, 2.05) is 0 Å². The second-order valence-electron chi connectivity index (χ2n) is 5.44. The van der Waals surface area contributed by atoms with E-state index >= 15 is 0 Å². The first kappa shape index (κ1) is 20.3. The van der Waals surface area contributed by atoms with Gasteiger partial charge in [0.15, 0.2) is 0 Å². The van der Waals surface area contributed by atoms with Crippen molar-refractivity contribution >= 4 is 17.9 Å². The summed E-state index contributed by atoms with van der Waals surface area (Å²) in [5.74, 6) is -5.98. The predicted octanol–water partition coefficient (Wildman–Crippen LogP) is -2.91. The van der Waals surface area contributed by atoms with Crippen LogP contribution in [0.3, 0.4) is 0 Å². The van der Waals surface area contributed by atoms with Gasteiger partial charge in [-0.25, -0.2) is 4.79 Å². The van der Waals surface area contributed by atoms with Gasteiger partial charge in [0.25, 0.3) is 0 Å². The third-order valence-corrected chi connectivity index (χ3v) is 3.45. The van der Waals surface area contributed by atoms with Crippen LogP contribution in [-0.2, 0) is 28.6 Å². The molecule has 11 heteroatoms. The van der Waals surface area contributed by atoms with Crippen LogP contribution in [0.4, 0.5) is 0 Å². The summed E-state index contributed by atoms with van der Waals surface area (Å²) < 4.78 is 14.3. The van der Waals surface area contributed by atoms with Crippen LogP contribution < -0.4 is 5.73 Å². The minimum atomic E-state index is -2.56. The molecule has 6 atom stereocenters. The van der Waals surface area contributed by atoms with Gasteiger partial charge in [0.1, 0.15) is 24.9 Å². The zero-order valence-electron chi connectivity index (χ0n) is 13.1. The predicted molar refractivity (Wildman–Crippen MR) is 74.3 cm³/mol. The Morgan fingerprint density at radius 1 is 1.29 bits per heavy atom. The number of carboxylic acid groups (broad SMARTS) is 1. The average Bonchev–Trinajstić information content (AvgIpc) is 2.46. The maximum absolute atomic E-state index is 11.4. The number of aliphatic carboxylic acids is 1. The van der Waals surface area contributed by atoms with Gasteiger partial charge in [-0.2, -0.15) is 0 Å². The molecule has 0 aromatic heterocycles. The molecule has 1 heterocycles. The molecule has 0 amide bonds. The molecule has 1 aliphatic heterocycles. The second kappa shape index (κ2) is 7.85. The number of ether oxygens (including phenoxy) is 3. The van der Waals surface area contributed by atoms with Crippen molar-refractivity contribution in [1.82, 2.24) is 0 Å². The second-order valence-corrected chi connectivity index (χ2v) is 5.44. The highest BCUT2D eigenvalue weighted by molar-refractivity contribution is 5.80. The number of carboxylic acids is 1. The van der Waals surface area contributed by atoms with Crippen molar-refractivity contribution in [2.45, 2.75) is 56.5 Å². The molecule has 1 saturated heterocycles. The summed E-state index contributed by atoms with van der Waals surface area (Å²) in [4.78, 5) is 33.3. The zero-order valence-corrected chi connectivity index (χ0v) is 13.1. The van der Waals surface area contributed by atoms with E-state index < -0.39 is 67.2 Å². The molecule has 24 heavy (non-hydrogen) atoms. The lowest BCUT2D eigenvalue weighted by molar-refractivity contribution is -0.298. The van der Waals surface area contributed by atoms with Crippen molar-refractivity contribution in [3.05, 3.63) is 0 Å². The monoisotopic (exact) mass is 351 g/mol. The summed E-state index contributed by atoms with van der Waals surface area (Å²) in [6.07, 6.45) is -7.25. The Bertz CT molecular complexity index is 497. The van der Waals surface area contributed by atoms with E-state index in [4.69, 9.17) is 10.5 Å². The Morgan fingerprint density at radius 3 is 2.33 bits per heavy atom. The SMILES string of the molecule is CC(=O)OC[C@@H](O)[C@@H](O)[C@@H]1O[C@](OC(C)=O)(C(=O)O)C[C@H](O)[C@H]1N. The van der Waals surface area contributed by atoms with Gasteiger partial charge in [-0.05, 0) is 0 Å². The summed E-state index contributed by atoms with van der Waals surface area (Å²) >= 11 is 0. The zero-order chi connectivity index (χ0) is 18.7. The first-order valence-corrected chi connectivity index (χ1v) is 7.04. The molecule has 0 spiro atoms. The van der Waals surface area contributed by atoms with Crippen LogP contribution in [0.1, 0.15) is 20.3 Å². The van der Waals surface area contributed by atoms with E-state index in [1.165, 1.54) is 0 Å². The Hall–Kier alpha value is -1.79. The highest BCUT2D eigenvalue weighted by Gasteiger charge is 2.56. The molecule has 0 bridgehead atoms. The maximum atomic E-state index is 11.4. The van der Waals surface area contributed by atoms with Crippen molar-refractivity contribution in [2.75, 3.05) is 6.61 Å². The van der Waals surface area contributed by atoms with Crippen molar-refractivity contribution in [3.63, 3.8) is 0 Å². The van der Waals surface area contributed by atoms with E-state index in [1.54, 1.807) is 0 Å². The summed E-state index contributed by atoms with van der Waals surface area (Å²) in [5, 5.41) is 39.2. The molecule has 11 nitrogen and oxygen atoms in total. The van der Waals surface area contributed by atoms with E-state index in [0.717, 1.165) is 13.8 Å². The molecular formula is C13H21NO10. The maximum Gasteiger partial charge on any atom is 0.377 e. The molecular weight excluding hydrogens is 330 g/mol. The molecule has 138 valence electrons. The van der Waals surface area contributed by atoms with Crippen LogP contribution in [-0.4, -0.2) is 81.2 Å². The number of esters is 2. The normalized spacial score (nSPS) is 32.5. The van der Waals surface area contributed by atoms with Crippen LogP contribution in [0.5, 0.6) is 0 Å². The minimum absolute atomic E-state index is 0.604. The summed E-state index contributed by atoms with van der Waals surface area (Å²) in [7, 11) is 0. The van der Waals surface area contributed by atoms with Crippen molar-refractivity contribution in [3.8, 4) is 0 Å². The largest absolute Gasteiger partial charge is 0.476 e. The molecule has 0 saturated carbocycles. The van der Waals surface area contributed by atoms with Gasteiger partial charge in [0, 0.05) is 13.8 Å².